The molecule has 0 fully saturated rings. The third-order valence-electron chi connectivity index (χ3n) is 4.86. The minimum atomic E-state index is -0.890. The van der Waals surface area contributed by atoms with Gasteiger partial charge in [-0.15, -0.1) is 0 Å². The van der Waals surface area contributed by atoms with Crippen LogP contribution in [0.1, 0.15) is 21.2 Å². The Morgan fingerprint density at radius 1 is 0.885 bits per heavy atom. The van der Waals surface area contributed by atoms with Crippen molar-refractivity contribution < 1.29 is 47.7 Å². The van der Waals surface area contributed by atoms with E-state index in [-0.39, 0.29) is 32.3 Å². The van der Waals surface area contributed by atoms with E-state index in [2.05, 4.69) is 84.4 Å². The molecule has 2 aliphatic rings. The summed E-state index contributed by atoms with van der Waals surface area (Å²) in [6.45, 7) is 0. The minimum Gasteiger partial charge on any atom is -1.00 e. The number of halogens is 2. The van der Waals surface area contributed by atoms with Crippen molar-refractivity contribution in [3.05, 3.63) is 92.8 Å². The van der Waals surface area contributed by atoms with E-state index in [0.717, 1.165) is 3.67 Å². The molecule has 0 N–H and O–H groups in total. The fourth-order valence-corrected chi connectivity index (χ4v) is 13.2. The van der Waals surface area contributed by atoms with Crippen molar-refractivity contribution >= 4 is 29.7 Å². The van der Waals surface area contributed by atoms with Gasteiger partial charge in [-0.05, 0) is 0 Å². The zero-order valence-corrected chi connectivity index (χ0v) is 20.1. The maximum absolute atomic E-state index is 2.53. The van der Waals surface area contributed by atoms with Gasteiger partial charge in [0.05, 0.1) is 0 Å². The summed E-state index contributed by atoms with van der Waals surface area (Å²) < 4.78 is 2.49. The van der Waals surface area contributed by atoms with Crippen LogP contribution in [0.5, 0.6) is 0 Å². The molecule has 1 aromatic heterocycles. The molecular weight excluding hydrogens is 545 g/mol. The van der Waals surface area contributed by atoms with Gasteiger partial charge in [-0.25, -0.2) is 0 Å². The molecule has 0 nitrogen and oxygen atoms in total. The average molecular weight is 562 g/mol. The third-order valence-corrected chi connectivity index (χ3v) is 13.8. The normalized spacial score (nSPS) is 17.0. The number of allylic oxidation sites excluding steroid dienone is 5. The first-order valence-electron chi connectivity index (χ1n) is 8.38. The van der Waals surface area contributed by atoms with Crippen molar-refractivity contribution in [3.8, 4) is 0 Å². The molecule has 0 saturated carbocycles. The van der Waals surface area contributed by atoms with E-state index in [1.54, 1.807) is 14.2 Å². The molecular formula is C22H17Cl2HfP. The second-order valence-corrected chi connectivity index (χ2v) is 13.7. The van der Waals surface area contributed by atoms with Crippen LogP contribution in [0.2, 0.25) is 0 Å². The fraction of sp³-hybridized carbons (Fsp3) is 0.0909. The van der Waals surface area contributed by atoms with Crippen molar-refractivity contribution in [2.75, 3.05) is 0 Å². The first-order valence-corrected chi connectivity index (χ1v) is 13.7. The van der Waals surface area contributed by atoms with Gasteiger partial charge in [0, 0.05) is 0 Å². The Labute approximate surface area is 179 Å². The van der Waals surface area contributed by atoms with Crippen LogP contribution in [0, 0.1) is 0 Å². The van der Waals surface area contributed by atoms with E-state index in [1.165, 1.54) is 22.8 Å². The molecule has 0 spiro atoms. The van der Waals surface area contributed by atoms with Crippen LogP contribution in [-0.4, -0.2) is 0 Å². The topological polar surface area (TPSA) is 0 Å². The van der Waals surface area contributed by atoms with Crippen LogP contribution in [0.4, 0.5) is 0 Å². The van der Waals surface area contributed by atoms with E-state index >= 15 is 0 Å². The van der Waals surface area contributed by atoms with E-state index in [4.69, 9.17) is 0 Å². The van der Waals surface area contributed by atoms with Crippen LogP contribution in [-0.2, 0) is 22.9 Å². The molecule has 0 bridgehead atoms. The molecule has 2 aromatic carbocycles. The van der Waals surface area contributed by atoms with Crippen molar-refractivity contribution in [3.63, 3.8) is 0 Å². The van der Waals surface area contributed by atoms with Gasteiger partial charge in [-0.3, -0.25) is 0 Å². The van der Waals surface area contributed by atoms with Gasteiger partial charge < -0.3 is 24.8 Å². The Morgan fingerprint density at radius 3 is 2.27 bits per heavy atom. The second kappa shape index (κ2) is 8.44. The van der Waals surface area contributed by atoms with Gasteiger partial charge in [0.25, 0.3) is 0 Å². The maximum Gasteiger partial charge on any atom is -1.00 e. The third kappa shape index (κ3) is 3.60. The zero-order chi connectivity index (χ0) is 15.9. The van der Waals surface area contributed by atoms with Gasteiger partial charge in [0.1, 0.15) is 0 Å². The van der Waals surface area contributed by atoms with Gasteiger partial charge in [0.15, 0.2) is 0 Å². The molecule has 26 heavy (non-hydrogen) atoms. The average Bonchev–Trinajstić information content (AvgIpc) is 3.33. The summed E-state index contributed by atoms with van der Waals surface area (Å²) in [5.41, 5.74) is 3.07. The van der Waals surface area contributed by atoms with Crippen LogP contribution in [0.15, 0.2) is 81.7 Å². The molecule has 1 unspecified atom stereocenters. The van der Waals surface area contributed by atoms with Gasteiger partial charge in [-0.2, -0.15) is 0 Å². The van der Waals surface area contributed by atoms with Crippen molar-refractivity contribution in [1.82, 2.24) is 0 Å². The molecule has 5 rings (SSSR count). The molecule has 0 amide bonds. The summed E-state index contributed by atoms with van der Waals surface area (Å²) in [6, 6.07) is 17.9. The Hall–Kier alpha value is -0.850. The van der Waals surface area contributed by atoms with Crippen LogP contribution in [0.3, 0.4) is 0 Å². The molecule has 3 aromatic rings. The van der Waals surface area contributed by atoms with E-state index in [0.29, 0.717) is 0 Å². The molecule has 128 valence electrons. The predicted molar refractivity (Wildman–Crippen MR) is 102 cm³/mol. The Morgan fingerprint density at radius 2 is 1.58 bits per heavy atom. The number of rotatable bonds is 3. The molecule has 4 heteroatoms. The smallest absolute Gasteiger partial charge is 1.00 e. The van der Waals surface area contributed by atoms with Crippen LogP contribution < -0.4 is 24.8 Å². The van der Waals surface area contributed by atoms with E-state index in [9.17, 15) is 0 Å². The summed E-state index contributed by atoms with van der Waals surface area (Å²) >= 11 is -0.890. The predicted octanol–water partition coefficient (Wildman–Crippen LogP) is 0.814. The molecule has 0 saturated heterocycles. The minimum absolute atomic E-state index is 0. The number of benzene rings is 2. The SMILES string of the molecule is C1=CC[C]([Hf+2][CH]2C(p3cc4ccccc4c3)=Cc3ccccc32)=C1.[Cl-].[Cl-]. The van der Waals surface area contributed by atoms with E-state index < -0.39 is 22.9 Å². The summed E-state index contributed by atoms with van der Waals surface area (Å²) in [6.07, 6.45) is 10.7. The van der Waals surface area contributed by atoms with Gasteiger partial charge >= 0.3 is 156 Å². The Balaban J connectivity index is 0.000000980. The zero-order valence-electron chi connectivity index (χ0n) is 14.1. The van der Waals surface area contributed by atoms with E-state index in [1.807, 2.05) is 0 Å². The Kier molecular flexibility index (Phi) is 6.46. The van der Waals surface area contributed by atoms with Crippen molar-refractivity contribution in [2.45, 2.75) is 10.1 Å². The molecule has 2 aliphatic carbocycles. The first kappa shape index (κ1) is 19.9. The largest absolute Gasteiger partial charge is 1.00 e. The number of hydrogen-bond donors (Lipinski definition) is 0. The van der Waals surface area contributed by atoms with Crippen molar-refractivity contribution in [1.29, 1.82) is 0 Å². The summed E-state index contributed by atoms with van der Waals surface area (Å²) in [5, 5.41) is 4.56. The standard InChI is InChI=1S/C17H12P.C5H5.2ClH.Hf/c1-2-6-14-10-17(9-13(14)5-1)18-11-15-7-3-4-8-16(15)12-18;1-2-4-5-3-1;;;/h1-12H;1-3H,4H2;2*1H;/q;;;;+2/p-2. The van der Waals surface area contributed by atoms with Crippen molar-refractivity contribution in [2.24, 2.45) is 0 Å². The van der Waals surface area contributed by atoms with Gasteiger partial charge in [-0.1, -0.05) is 0 Å². The Bertz CT molecular complexity index is 996. The first-order chi connectivity index (χ1) is 11.9. The van der Waals surface area contributed by atoms with Gasteiger partial charge in [0.2, 0.25) is 0 Å². The maximum atomic E-state index is 2.53. The second-order valence-electron chi connectivity index (χ2n) is 6.39. The monoisotopic (exact) mass is 562 g/mol. The van der Waals surface area contributed by atoms with Crippen LogP contribution >= 0.6 is 7.53 Å². The summed E-state index contributed by atoms with van der Waals surface area (Å²) in [4.78, 5) is 0. The quantitative estimate of drug-likeness (QED) is 0.416. The molecule has 1 atom stereocenters. The number of fused-ring (bicyclic) bond motifs is 2. The molecule has 1 heterocycles. The summed E-state index contributed by atoms with van der Waals surface area (Å²) in [5.74, 6) is 5.06. The molecule has 0 aliphatic heterocycles. The summed E-state index contributed by atoms with van der Waals surface area (Å²) in [7, 11) is -0.267. The molecule has 0 radical (unpaired) electrons. The van der Waals surface area contributed by atoms with Crippen LogP contribution in [0.25, 0.3) is 22.2 Å². The fourth-order valence-electron chi connectivity index (χ4n) is 3.65. The number of hydrogen-bond acceptors (Lipinski definition) is 0.